The van der Waals surface area contributed by atoms with E-state index in [2.05, 4.69) is 9.97 Å². The van der Waals surface area contributed by atoms with E-state index in [-0.39, 0.29) is 11.5 Å². The minimum atomic E-state index is -0.506. The van der Waals surface area contributed by atoms with Crippen LogP contribution in [0.25, 0.3) is 0 Å². The molecule has 0 aliphatic carbocycles. The summed E-state index contributed by atoms with van der Waals surface area (Å²) in [5.74, 6) is 0.716. The van der Waals surface area contributed by atoms with Crippen LogP contribution >= 0.6 is 0 Å². The second-order valence-corrected chi connectivity index (χ2v) is 5.13. The van der Waals surface area contributed by atoms with Gasteiger partial charge in [0.05, 0.1) is 18.1 Å². The smallest absolute Gasteiger partial charge is 0.353 e. The number of morpholine rings is 1. The zero-order valence-electron chi connectivity index (χ0n) is 11.7. The topological polar surface area (TPSA) is 111 Å². The van der Waals surface area contributed by atoms with E-state index in [1.807, 2.05) is 9.80 Å². The van der Waals surface area contributed by atoms with Gasteiger partial charge in [0.15, 0.2) is 0 Å². The van der Waals surface area contributed by atoms with Crippen molar-refractivity contribution >= 4 is 23.3 Å². The van der Waals surface area contributed by atoms with E-state index in [1.54, 1.807) is 0 Å². The summed E-state index contributed by atoms with van der Waals surface area (Å²) >= 11 is 0. The summed E-state index contributed by atoms with van der Waals surface area (Å²) in [6.07, 6.45) is 2.15. The Morgan fingerprint density at radius 1 is 1.10 bits per heavy atom. The highest BCUT2D eigenvalue weighted by Crippen LogP contribution is 2.33. The third-order valence-electron chi connectivity index (χ3n) is 3.76. The molecule has 0 radical (unpaired) electrons. The van der Waals surface area contributed by atoms with E-state index >= 15 is 0 Å². The minimum absolute atomic E-state index is 0.0709. The van der Waals surface area contributed by atoms with Gasteiger partial charge in [-0.3, -0.25) is 10.1 Å². The molecule has 0 unspecified atom stereocenters. The SMILES string of the molecule is Nc1nc(N2CCCC2)nc(N2CCOCC2)c1[N+](=O)[O-]. The standard InChI is InChI=1S/C12H18N6O3/c13-10-9(18(19)20)11(16-5-7-21-8-6-16)15-12(14-10)17-3-1-2-4-17/h1-8H2,(H2,13,14,15). The lowest BCUT2D eigenvalue weighted by molar-refractivity contribution is -0.383. The van der Waals surface area contributed by atoms with E-state index in [0.717, 1.165) is 25.9 Å². The third kappa shape index (κ3) is 2.68. The van der Waals surface area contributed by atoms with Crippen LogP contribution in [0.5, 0.6) is 0 Å². The van der Waals surface area contributed by atoms with Gasteiger partial charge >= 0.3 is 5.69 Å². The van der Waals surface area contributed by atoms with E-state index < -0.39 is 4.92 Å². The lowest BCUT2D eigenvalue weighted by atomic mass is 10.3. The molecule has 2 saturated heterocycles. The van der Waals surface area contributed by atoms with Crippen molar-refractivity contribution in [1.29, 1.82) is 0 Å². The summed E-state index contributed by atoms with van der Waals surface area (Å²) in [5, 5.41) is 11.3. The first-order valence-electron chi connectivity index (χ1n) is 7.06. The highest BCUT2D eigenvalue weighted by Gasteiger charge is 2.30. The molecule has 0 bridgehead atoms. The van der Waals surface area contributed by atoms with Crippen LogP contribution in [0.4, 0.5) is 23.3 Å². The molecular weight excluding hydrogens is 276 g/mol. The summed E-state index contributed by atoms with van der Waals surface area (Å²) in [6.45, 7) is 3.91. The van der Waals surface area contributed by atoms with Crippen LogP contribution in [0.1, 0.15) is 12.8 Å². The molecule has 9 nitrogen and oxygen atoms in total. The van der Waals surface area contributed by atoms with Crippen molar-refractivity contribution < 1.29 is 9.66 Å². The number of nitro groups is 1. The summed E-state index contributed by atoms with van der Waals surface area (Å²) in [4.78, 5) is 23.2. The van der Waals surface area contributed by atoms with Gasteiger partial charge in [0.25, 0.3) is 0 Å². The lowest BCUT2D eigenvalue weighted by Crippen LogP contribution is -2.37. The summed E-state index contributed by atoms with van der Waals surface area (Å²) in [7, 11) is 0. The van der Waals surface area contributed by atoms with E-state index in [0.29, 0.717) is 38.1 Å². The molecule has 3 rings (SSSR count). The van der Waals surface area contributed by atoms with Crippen LogP contribution in [0.15, 0.2) is 0 Å². The Balaban J connectivity index is 2.02. The van der Waals surface area contributed by atoms with Crippen molar-refractivity contribution in [2.24, 2.45) is 0 Å². The normalized spacial score (nSPS) is 19.0. The average molecular weight is 294 g/mol. The Morgan fingerprint density at radius 2 is 1.76 bits per heavy atom. The van der Waals surface area contributed by atoms with Crippen LogP contribution in [-0.2, 0) is 4.74 Å². The number of nitrogens with zero attached hydrogens (tertiary/aromatic N) is 5. The molecule has 0 atom stereocenters. The Hall–Kier alpha value is -2.16. The quantitative estimate of drug-likeness (QED) is 0.630. The molecule has 114 valence electrons. The molecule has 2 N–H and O–H groups in total. The number of rotatable bonds is 3. The van der Waals surface area contributed by atoms with Crippen LogP contribution in [0.2, 0.25) is 0 Å². The largest absolute Gasteiger partial charge is 0.378 e. The number of aromatic nitrogens is 2. The maximum atomic E-state index is 11.3. The van der Waals surface area contributed by atoms with Crippen LogP contribution < -0.4 is 15.5 Å². The molecule has 1 aromatic heterocycles. The van der Waals surface area contributed by atoms with Crippen molar-refractivity contribution in [2.45, 2.75) is 12.8 Å². The zero-order valence-corrected chi connectivity index (χ0v) is 11.7. The third-order valence-corrected chi connectivity index (χ3v) is 3.76. The molecule has 0 saturated carbocycles. The molecule has 9 heteroatoms. The van der Waals surface area contributed by atoms with Gasteiger partial charge in [-0.05, 0) is 12.8 Å². The second-order valence-electron chi connectivity index (χ2n) is 5.13. The van der Waals surface area contributed by atoms with Crippen molar-refractivity contribution in [3.63, 3.8) is 0 Å². The maximum absolute atomic E-state index is 11.3. The molecule has 1 aromatic rings. The van der Waals surface area contributed by atoms with Gasteiger partial charge in [-0.2, -0.15) is 9.97 Å². The number of anilines is 3. The monoisotopic (exact) mass is 294 g/mol. The Kier molecular flexibility index (Phi) is 3.74. The molecule has 0 aromatic carbocycles. The van der Waals surface area contributed by atoms with Crippen molar-refractivity contribution in [1.82, 2.24) is 9.97 Å². The van der Waals surface area contributed by atoms with Gasteiger partial charge < -0.3 is 20.3 Å². The number of hydrogen-bond donors (Lipinski definition) is 1. The molecule has 2 aliphatic heterocycles. The van der Waals surface area contributed by atoms with Gasteiger partial charge in [0.2, 0.25) is 17.6 Å². The van der Waals surface area contributed by atoms with Crippen LogP contribution in [-0.4, -0.2) is 54.3 Å². The number of nitrogens with two attached hydrogens (primary N) is 1. The van der Waals surface area contributed by atoms with E-state index in [4.69, 9.17) is 10.5 Å². The van der Waals surface area contributed by atoms with Crippen molar-refractivity contribution in [3.8, 4) is 0 Å². The van der Waals surface area contributed by atoms with Gasteiger partial charge in [-0.1, -0.05) is 0 Å². The first kappa shape index (κ1) is 13.8. The summed E-state index contributed by atoms with van der Waals surface area (Å²) < 4.78 is 5.29. The number of nitrogen functional groups attached to an aromatic ring is 1. The van der Waals surface area contributed by atoms with Gasteiger partial charge in [0, 0.05) is 26.2 Å². The molecule has 2 aliphatic rings. The minimum Gasteiger partial charge on any atom is -0.378 e. The molecule has 0 amide bonds. The van der Waals surface area contributed by atoms with Crippen LogP contribution in [0.3, 0.4) is 0 Å². The fourth-order valence-corrected chi connectivity index (χ4v) is 2.68. The molecule has 2 fully saturated rings. The highest BCUT2D eigenvalue weighted by atomic mass is 16.6. The zero-order chi connectivity index (χ0) is 14.8. The summed E-state index contributed by atoms with van der Waals surface area (Å²) in [6, 6.07) is 0. The van der Waals surface area contributed by atoms with E-state index in [9.17, 15) is 10.1 Å². The Morgan fingerprint density at radius 3 is 2.38 bits per heavy atom. The van der Waals surface area contributed by atoms with Crippen LogP contribution in [0, 0.1) is 10.1 Å². The fourth-order valence-electron chi connectivity index (χ4n) is 2.68. The molecule has 3 heterocycles. The average Bonchev–Trinajstić information content (AvgIpc) is 3.01. The first-order valence-corrected chi connectivity index (χ1v) is 7.06. The number of ether oxygens (including phenoxy) is 1. The van der Waals surface area contributed by atoms with Crippen molar-refractivity contribution in [2.75, 3.05) is 54.9 Å². The maximum Gasteiger partial charge on any atom is 0.353 e. The van der Waals surface area contributed by atoms with Crippen molar-refractivity contribution in [3.05, 3.63) is 10.1 Å². The highest BCUT2D eigenvalue weighted by molar-refractivity contribution is 5.71. The van der Waals surface area contributed by atoms with Gasteiger partial charge in [0.1, 0.15) is 0 Å². The first-order chi connectivity index (χ1) is 10.2. The predicted molar refractivity (Wildman–Crippen MR) is 77.6 cm³/mol. The Labute approximate surface area is 121 Å². The van der Waals surface area contributed by atoms with Gasteiger partial charge in [-0.15, -0.1) is 0 Å². The molecule has 21 heavy (non-hydrogen) atoms. The van der Waals surface area contributed by atoms with E-state index in [1.165, 1.54) is 0 Å². The molecule has 0 spiro atoms. The number of hydrogen-bond acceptors (Lipinski definition) is 8. The molecular formula is C12H18N6O3. The lowest BCUT2D eigenvalue weighted by Gasteiger charge is -2.28. The second kappa shape index (κ2) is 5.68. The summed E-state index contributed by atoms with van der Waals surface area (Å²) in [5.41, 5.74) is 5.61. The fraction of sp³-hybridized carbons (Fsp3) is 0.667. The Bertz CT molecular complexity index is 540. The predicted octanol–water partition coefficient (Wildman–Crippen LogP) is 0.404. The van der Waals surface area contributed by atoms with Gasteiger partial charge in [-0.25, -0.2) is 0 Å².